The molecule has 1 aliphatic rings. The molecule has 1 saturated heterocycles. The van der Waals surface area contributed by atoms with Crippen LogP contribution in [-0.2, 0) is 4.74 Å². The van der Waals surface area contributed by atoms with Gasteiger partial charge in [0.1, 0.15) is 12.2 Å². The Morgan fingerprint density at radius 1 is 1.57 bits per heavy atom. The average Bonchev–Trinajstić information content (AvgIpc) is 2.64. The van der Waals surface area contributed by atoms with Crippen LogP contribution in [-0.4, -0.2) is 43.7 Å². The van der Waals surface area contributed by atoms with Crippen LogP contribution < -0.4 is 11.2 Å². The van der Waals surface area contributed by atoms with Crippen molar-refractivity contribution in [2.24, 2.45) is 0 Å². The van der Waals surface area contributed by atoms with E-state index in [1.165, 1.54) is 13.8 Å². The average molecular weight is 298 g/mol. The molecule has 0 aromatic carbocycles. The van der Waals surface area contributed by atoms with Crippen LogP contribution in [0.5, 0.6) is 0 Å². The maximum absolute atomic E-state index is 15.0. The third-order valence-electron chi connectivity index (χ3n) is 3.28. The summed E-state index contributed by atoms with van der Waals surface area (Å²) in [5.41, 5.74) is -4.13. The summed E-state index contributed by atoms with van der Waals surface area (Å²) in [5, 5.41) is 19.6. The smallest absolute Gasteiger partial charge is 0.330 e. The fraction of sp³-hybridized carbons (Fsp3) is 0.538. The van der Waals surface area contributed by atoms with Crippen LogP contribution >= 0.6 is 0 Å². The lowest BCUT2D eigenvalue weighted by atomic mass is 9.94. The summed E-state index contributed by atoms with van der Waals surface area (Å²) >= 11 is 0. The van der Waals surface area contributed by atoms with Crippen LogP contribution in [0.25, 0.3) is 0 Å². The number of aromatic nitrogens is 2. The molecule has 1 fully saturated rings. The lowest BCUT2D eigenvalue weighted by Crippen LogP contribution is -2.45. The normalized spacial score (nSPS) is 33.3. The van der Waals surface area contributed by atoms with Gasteiger partial charge in [-0.05, 0) is 13.8 Å². The van der Waals surface area contributed by atoms with Crippen LogP contribution in [0.4, 0.5) is 4.39 Å². The third-order valence-corrected chi connectivity index (χ3v) is 3.28. The van der Waals surface area contributed by atoms with Crippen LogP contribution in [0.15, 0.2) is 21.9 Å². The number of nitrogens with one attached hydrogen (secondary N) is 1. The Kier molecular flexibility index (Phi) is 4.00. The summed E-state index contributed by atoms with van der Waals surface area (Å²) in [6, 6.07) is 1.02. The van der Waals surface area contributed by atoms with Crippen molar-refractivity contribution in [3.05, 3.63) is 33.1 Å². The largest absolute Gasteiger partial charge is 0.391 e. The highest BCUT2D eigenvalue weighted by molar-refractivity contribution is 5.23. The number of alkyl halides is 1. The quantitative estimate of drug-likeness (QED) is 0.602. The molecule has 0 amide bonds. The summed E-state index contributed by atoms with van der Waals surface area (Å²) in [7, 11) is 0. The minimum atomic E-state index is -2.58. The zero-order valence-electron chi connectivity index (χ0n) is 11.4. The van der Waals surface area contributed by atoms with Crippen LogP contribution in [0, 0.1) is 11.8 Å². The molecule has 2 heterocycles. The van der Waals surface area contributed by atoms with Crippen molar-refractivity contribution in [2.45, 2.75) is 44.1 Å². The third kappa shape index (κ3) is 2.51. The number of hydrogen-bond acceptors (Lipinski definition) is 5. The minimum Gasteiger partial charge on any atom is -0.391 e. The Morgan fingerprint density at radius 3 is 2.76 bits per heavy atom. The Labute approximate surface area is 119 Å². The summed E-state index contributed by atoms with van der Waals surface area (Å²) in [4.78, 5) is 24.8. The summed E-state index contributed by atoms with van der Waals surface area (Å²) in [5.74, 6) is 4.53. The minimum absolute atomic E-state index is 0.645. The highest BCUT2D eigenvalue weighted by Gasteiger charge is 2.59. The molecule has 1 aliphatic heterocycles. The van der Waals surface area contributed by atoms with Gasteiger partial charge in [0, 0.05) is 12.3 Å². The van der Waals surface area contributed by atoms with Gasteiger partial charge in [-0.1, -0.05) is 5.92 Å². The number of halogens is 1. The first-order chi connectivity index (χ1) is 9.81. The highest BCUT2D eigenvalue weighted by atomic mass is 19.1. The second-order valence-electron chi connectivity index (χ2n) is 4.80. The topological polar surface area (TPSA) is 105 Å². The fourth-order valence-corrected chi connectivity index (χ4v) is 2.29. The molecule has 21 heavy (non-hydrogen) atoms. The zero-order valence-corrected chi connectivity index (χ0v) is 11.4. The number of ether oxygens (including phenoxy) is 1. The van der Waals surface area contributed by atoms with Gasteiger partial charge in [-0.25, -0.2) is 9.18 Å². The van der Waals surface area contributed by atoms with Gasteiger partial charge < -0.3 is 14.9 Å². The van der Waals surface area contributed by atoms with Crippen LogP contribution in [0.1, 0.15) is 20.1 Å². The molecule has 8 heteroatoms. The molecule has 3 N–H and O–H groups in total. The van der Waals surface area contributed by atoms with E-state index < -0.39 is 41.5 Å². The van der Waals surface area contributed by atoms with Gasteiger partial charge in [-0.3, -0.25) is 14.3 Å². The number of aliphatic hydroxyl groups excluding tert-OH is 2. The Morgan fingerprint density at radius 2 is 2.24 bits per heavy atom. The first-order valence-corrected chi connectivity index (χ1v) is 6.27. The Hall–Kier alpha value is -1.95. The van der Waals surface area contributed by atoms with E-state index in [4.69, 9.17) is 4.74 Å². The molecule has 1 aromatic heterocycles. The van der Waals surface area contributed by atoms with Crippen molar-refractivity contribution >= 4 is 0 Å². The molecule has 0 bridgehead atoms. The SMILES string of the molecule is CC#CC1(F)[C@@H](O)[C@@H]([C@H](C)O)O[C@H]1n1ccc(=O)[nH]c1=O. The van der Waals surface area contributed by atoms with E-state index in [1.54, 1.807) is 0 Å². The number of rotatable bonds is 2. The van der Waals surface area contributed by atoms with Crippen LogP contribution in [0.2, 0.25) is 0 Å². The maximum Gasteiger partial charge on any atom is 0.330 e. The van der Waals surface area contributed by atoms with E-state index >= 15 is 4.39 Å². The van der Waals surface area contributed by atoms with Crippen molar-refractivity contribution in [1.29, 1.82) is 0 Å². The lowest BCUT2D eigenvalue weighted by Gasteiger charge is -2.24. The molecular formula is C13H15FN2O5. The van der Waals surface area contributed by atoms with Gasteiger partial charge in [-0.2, -0.15) is 0 Å². The van der Waals surface area contributed by atoms with Gasteiger partial charge in [0.2, 0.25) is 5.67 Å². The molecule has 114 valence electrons. The van der Waals surface area contributed by atoms with Gasteiger partial charge in [0.15, 0.2) is 6.23 Å². The van der Waals surface area contributed by atoms with E-state index in [9.17, 15) is 19.8 Å². The molecule has 1 unspecified atom stereocenters. The first kappa shape index (κ1) is 15.4. The molecule has 0 aliphatic carbocycles. The predicted octanol–water partition coefficient (Wildman–Crippen LogP) is -1.09. The van der Waals surface area contributed by atoms with Crippen molar-refractivity contribution in [1.82, 2.24) is 9.55 Å². The number of aliphatic hydroxyl groups is 2. The van der Waals surface area contributed by atoms with E-state index in [-0.39, 0.29) is 0 Å². The van der Waals surface area contributed by atoms with Crippen molar-refractivity contribution in [2.75, 3.05) is 0 Å². The number of H-pyrrole nitrogens is 1. The zero-order chi connectivity index (χ0) is 15.8. The van der Waals surface area contributed by atoms with Gasteiger partial charge in [-0.15, -0.1) is 5.92 Å². The van der Waals surface area contributed by atoms with E-state index in [0.717, 1.165) is 16.8 Å². The van der Waals surface area contributed by atoms with E-state index in [1.807, 2.05) is 4.98 Å². The monoisotopic (exact) mass is 298 g/mol. The highest BCUT2D eigenvalue weighted by Crippen LogP contribution is 2.41. The first-order valence-electron chi connectivity index (χ1n) is 6.27. The number of nitrogens with zero attached hydrogens (tertiary/aromatic N) is 1. The van der Waals surface area contributed by atoms with E-state index in [2.05, 4.69) is 11.8 Å². The Bertz CT molecular complexity index is 701. The number of aromatic amines is 1. The van der Waals surface area contributed by atoms with Crippen molar-refractivity contribution < 1.29 is 19.3 Å². The maximum atomic E-state index is 15.0. The van der Waals surface area contributed by atoms with E-state index in [0.29, 0.717) is 0 Å². The molecule has 2 rings (SSSR count). The van der Waals surface area contributed by atoms with Crippen molar-refractivity contribution in [3.8, 4) is 11.8 Å². The van der Waals surface area contributed by atoms with Crippen LogP contribution in [0.3, 0.4) is 0 Å². The second-order valence-corrected chi connectivity index (χ2v) is 4.80. The Balaban J connectivity index is 2.56. The lowest BCUT2D eigenvalue weighted by molar-refractivity contribution is -0.0803. The molecule has 0 saturated carbocycles. The molecule has 7 nitrogen and oxygen atoms in total. The summed E-state index contributed by atoms with van der Waals surface area (Å²) in [6.07, 6.45) is -4.69. The summed E-state index contributed by atoms with van der Waals surface area (Å²) < 4.78 is 21.1. The molecule has 5 atom stereocenters. The molecule has 0 spiro atoms. The van der Waals surface area contributed by atoms with Gasteiger partial charge in [0.25, 0.3) is 5.56 Å². The van der Waals surface area contributed by atoms with Gasteiger partial charge >= 0.3 is 5.69 Å². The predicted molar refractivity (Wildman–Crippen MR) is 70.2 cm³/mol. The molecular weight excluding hydrogens is 283 g/mol. The summed E-state index contributed by atoms with van der Waals surface area (Å²) in [6.45, 7) is 2.70. The fourth-order valence-electron chi connectivity index (χ4n) is 2.29. The van der Waals surface area contributed by atoms with Crippen molar-refractivity contribution in [3.63, 3.8) is 0 Å². The van der Waals surface area contributed by atoms with Gasteiger partial charge in [0.05, 0.1) is 6.10 Å². The molecule has 1 aromatic rings. The standard InChI is InChI=1S/C13H15FN2O5/c1-3-5-13(14)10(19)9(7(2)17)21-11(13)16-6-4-8(18)15-12(16)20/h4,6-7,9-11,17,19H,1-2H3,(H,15,18,20)/t7-,9+,10-,11+,13?/m0/s1. The molecule has 0 radical (unpaired) electrons. The number of hydrogen-bond donors (Lipinski definition) is 3. The second kappa shape index (κ2) is 5.44.